The molecule has 0 aliphatic carbocycles. The summed E-state index contributed by atoms with van der Waals surface area (Å²) in [4.78, 5) is 4.33. The number of nitrogens with one attached hydrogen (secondary N) is 1. The third kappa shape index (κ3) is 4.07. The molecule has 0 aliphatic rings. The van der Waals surface area contributed by atoms with Crippen LogP contribution in [0.5, 0.6) is 5.88 Å². The van der Waals surface area contributed by atoms with E-state index in [1.54, 1.807) is 6.07 Å². The number of aromatic nitrogens is 1. The normalized spacial score (nSPS) is 14.0. The Bertz CT molecular complexity index is 371. The van der Waals surface area contributed by atoms with E-state index in [1.165, 1.54) is 0 Å². The lowest BCUT2D eigenvalue weighted by Crippen LogP contribution is -2.26. The molecule has 0 amide bonds. The van der Waals surface area contributed by atoms with Gasteiger partial charge in [0, 0.05) is 12.6 Å². The zero-order valence-corrected chi connectivity index (χ0v) is 11.3. The molecule has 1 rings (SSSR count). The van der Waals surface area contributed by atoms with Gasteiger partial charge in [0.15, 0.2) is 0 Å². The van der Waals surface area contributed by atoms with Gasteiger partial charge in [-0.15, -0.1) is 0 Å². The Morgan fingerprint density at radius 1 is 1.44 bits per heavy atom. The molecule has 2 unspecified atom stereocenters. The van der Waals surface area contributed by atoms with Crippen LogP contribution < -0.4 is 15.8 Å². The summed E-state index contributed by atoms with van der Waals surface area (Å²) in [6.07, 6.45) is 0.913. The first kappa shape index (κ1) is 14.6. The summed E-state index contributed by atoms with van der Waals surface area (Å²) in [6, 6.07) is 3.72. The molecule has 0 saturated carbocycles. The molecule has 0 radical (unpaired) electrons. The van der Waals surface area contributed by atoms with Crippen molar-refractivity contribution in [1.29, 1.82) is 0 Å². The summed E-state index contributed by atoms with van der Waals surface area (Å²) < 4.78 is 5.47. The minimum Gasteiger partial charge on any atom is -0.476 e. The van der Waals surface area contributed by atoms with Crippen molar-refractivity contribution >= 4 is 11.5 Å². The SMILES string of the molecule is CCCOc1nc(NC(C)C(C)CO)ccc1N. The standard InChI is InChI=1S/C13H23N3O2/c1-4-7-18-13-11(14)5-6-12(16-13)15-10(3)9(2)8-17/h5-6,9-10,17H,4,7-8,14H2,1-3H3,(H,15,16). The Morgan fingerprint density at radius 3 is 2.78 bits per heavy atom. The van der Waals surface area contributed by atoms with Crippen molar-refractivity contribution in [2.75, 3.05) is 24.3 Å². The Morgan fingerprint density at radius 2 is 2.17 bits per heavy atom. The first-order chi connectivity index (χ1) is 8.58. The van der Waals surface area contributed by atoms with Gasteiger partial charge in [0.1, 0.15) is 5.82 Å². The predicted molar refractivity (Wildman–Crippen MR) is 73.8 cm³/mol. The molecule has 1 heterocycles. The van der Waals surface area contributed by atoms with Crippen LogP contribution in [0.15, 0.2) is 12.1 Å². The number of ether oxygens (including phenoxy) is 1. The van der Waals surface area contributed by atoms with Crippen LogP contribution in [-0.4, -0.2) is 29.3 Å². The number of aliphatic hydroxyl groups is 1. The average molecular weight is 253 g/mol. The molecule has 0 spiro atoms. The number of aliphatic hydroxyl groups excluding tert-OH is 1. The lowest BCUT2D eigenvalue weighted by molar-refractivity contribution is 0.226. The van der Waals surface area contributed by atoms with E-state index in [0.717, 1.165) is 6.42 Å². The van der Waals surface area contributed by atoms with Crippen molar-refractivity contribution in [3.05, 3.63) is 12.1 Å². The number of nitrogens with zero attached hydrogens (tertiary/aromatic N) is 1. The summed E-state index contributed by atoms with van der Waals surface area (Å²) in [5.74, 6) is 1.33. The average Bonchev–Trinajstić information content (AvgIpc) is 2.38. The molecule has 102 valence electrons. The second-order valence-corrected chi connectivity index (χ2v) is 4.53. The molecule has 2 atom stereocenters. The topological polar surface area (TPSA) is 80.4 Å². The summed E-state index contributed by atoms with van der Waals surface area (Å²) in [7, 11) is 0. The third-order valence-electron chi connectivity index (χ3n) is 2.85. The maximum atomic E-state index is 9.09. The van der Waals surface area contributed by atoms with E-state index in [-0.39, 0.29) is 18.6 Å². The molecule has 0 aliphatic heterocycles. The molecule has 18 heavy (non-hydrogen) atoms. The van der Waals surface area contributed by atoms with Gasteiger partial charge in [-0.05, 0) is 31.4 Å². The summed E-state index contributed by atoms with van der Waals surface area (Å²) in [5, 5.41) is 12.3. The van der Waals surface area contributed by atoms with E-state index < -0.39 is 0 Å². The highest BCUT2D eigenvalue weighted by atomic mass is 16.5. The molecule has 1 aromatic rings. The van der Waals surface area contributed by atoms with E-state index in [1.807, 2.05) is 26.8 Å². The summed E-state index contributed by atoms with van der Waals surface area (Å²) in [5.41, 5.74) is 6.33. The highest BCUT2D eigenvalue weighted by Crippen LogP contribution is 2.22. The van der Waals surface area contributed by atoms with Gasteiger partial charge in [0.05, 0.1) is 12.3 Å². The number of rotatable bonds is 7. The fraction of sp³-hybridized carbons (Fsp3) is 0.615. The van der Waals surface area contributed by atoms with Gasteiger partial charge in [0.2, 0.25) is 5.88 Å². The molecule has 0 bridgehead atoms. The van der Waals surface area contributed by atoms with Crippen LogP contribution in [0.1, 0.15) is 27.2 Å². The predicted octanol–water partition coefficient (Wildman–Crippen LogP) is 1.88. The molecule has 0 fully saturated rings. The maximum absolute atomic E-state index is 9.09. The van der Waals surface area contributed by atoms with Crippen LogP contribution >= 0.6 is 0 Å². The molecule has 0 aromatic carbocycles. The van der Waals surface area contributed by atoms with E-state index in [9.17, 15) is 0 Å². The van der Waals surface area contributed by atoms with Crippen LogP contribution in [-0.2, 0) is 0 Å². The molecule has 5 heteroatoms. The molecule has 0 saturated heterocycles. The van der Waals surface area contributed by atoms with Crippen molar-refractivity contribution in [1.82, 2.24) is 4.98 Å². The van der Waals surface area contributed by atoms with Crippen molar-refractivity contribution in [3.8, 4) is 5.88 Å². The zero-order chi connectivity index (χ0) is 13.5. The lowest BCUT2D eigenvalue weighted by atomic mass is 10.1. The largest absolute Gasteiger partial charge is 0.476 e. The van der Waals surface area contributed by atoms with Gasteiger partial charge in [-0.25, -0.2) is 0 Å². The van der Waals surface area contributed by atoms with Crippen molar-refractivity contribution < 1.29 is 9.84 Å². The van der Waals surface area contributed by atoms with E-state index >= 15 is 0 Å². The highest BCUT2D eigenvalue weighted by Gasteiger charge is 2.12. The smallest absolute Gasteiger partial charge is 0.239 e. The molecule has 5 nitrogen and oxygen atoms in total. The lowest BCUT2D eigenvalue weighted by Gasteiger charge is -2.20. The second kappa shape index (κ2) is 7.06. The van der Waals surface area contributed by atoms with Crippen LogP contribution in [0.2, 0.25) is 0 Å². The fourth-order valence-electron chi connectivity index (χ4n) is 1.38. The fourth-order valence-corrected chi connectivity index (χ4v) is 1.38. The number of hydrogen-bond donors (Lipinski definition) is 3. The van der Waals surface area contributed by atoms with Gasteiger partial charge in [-0.3, -0.25) is 0 Å². The van der Waals surface area contributed by atoms with E-state index in [2.05, 4.69) is 10.3 Å². The third-order valence-corrected chi connectivity index (χ3v) is 2.85. The maximum Gasteiger partial charge on any atom is 0.239 e. The number of nitrogen functional groups attached to an aromatic ring is 1. The number of anilines is 2. The van der Waals surface area contributed by atoms with Gasteiger partial charge >= 0.3 is 0 Å². The Hall–Kier alpha value is -1.49. The van der Waals surface area contributed by atoms with Gasteiger partial charge < -0.3 is 20.9 Å². The number of nitrogens with two attached hydrogens (primary N) is 1. The van der Waals surface area contributed by atoms with Crippen LogP contribution in [0, 0.1) is 5.92 Å². The molecular formula is C13H23N3O2. The zero-order valence-electron chi connectivity index (χ0n) is 11.3. The minimum absolute atomic E-state index is 0.130. The first-order valence-electron chi connectivity index (χ1n) is 6.35. The molecular weight excluding hydrogens is 230 g/mol. The molecule has 4 N–H and O–H groups in total. The number of hydrogen-bond acceptors (Lipinski definition) is 5. The quantitative estimate of drug-likeness (QED) is 0.691. The van der Waals surface area contributed by atoms with Crippen LogP contribution in [0.3, 0.4) is 0 Å². The van der Waals surface area contributed by atoms with Crippen molar-refractivity contribution in [2.24, 2.45) is 5.92 Å². The second-order valence-electron chi connectivity index (χ2n) is 4.53. The van der Waals surface area contributed by atoms with Gasteiger partial charge in [-0.2, -0.15) is 4.98 Å². The van der Waals surface area contributed by atoms with Crippen molar-refractivity contribution in [2.45, 2.75) is 33.2 Å². The summed E-state index contributed by atoms with van der Waals surface area (Å²) >= 11 is 0. The molecule has 1 aromatic heterocycles. The van der Waals surface area contributed by atoms with Gasteiger partial charge in [0.25, 0.3) is 0 Å². The Balaban J connectivity index is 2.72. The monoisotopic (exact) mass is 253 g/mol. The Labute approximate surface area is 108 Å². The van der Waals surface area contributed by atoms with Crippen LogP contribution in [0.25, 0.3) is 0 Å². The first-order valence-corrected chi connectivity index (χ1v) is 6.35. The summed E-state index contributed by atoms with van der Waals surface area (Å²) in [6.45, 7) is 6.75. The minimum atomic E-state index is 0.130. The van der Waals surface area contributed by atoms with E-state index in [4.69, 9.17) is 15.6 Å². The number of pyridine rings is 1. The Kier molecular flexibility index (Phi) is 5.71. The van der Waals surface area contributed by atoms with E-state index in [0.29, 0.717) is 24.0 Å². The van der Waals surface area contributed by atoms with Gasteiger partial charge in [-0.1, -0.05) is 13.8 Å². The highest BCUT2D eigenvalue weighted by molar-refractivity contribution is 5.53. The van der Waals surface area contributed by atoms with Crippen molar-refractivity contribution in [3.63, 3.8) is 0 Å². The van der Waals surface area contributed by atoms with Crippen LogP contribution in [0.4, 0.5) is 11.5 Å².